The van der Waals surface area contributed by atoms with Crippen molar-refractivity contribution in [3.05, 3.63) is 48.0 Å². The van der Waals surface area contributed by atoms with Crippen LogP contribution in [0.2, 0.25) is 0 Å². The number of fused-ring (bicyclic) bond motifs is 1. The van der Waals surface area contributed by atoms with Gasteiger partial charge in [-0.2, -0.15) is 5.10 Å². The first-order chi connectivity index (χ1) is 16.5. The fourth-order valence-electron chi connectivity index (χ4n) is 4.09. The second kappa shape index (κ2) is 9.43. The number of hydrogen-bond acceptors (Lipinski definition) is 8. The molecule has 0 radical (unpaired) electrons. The largest absolute Gasteiger partial charge is 0.491 e. The maximum atomic E-state index is 14.4. The van der Waals surface area contributed by atoms with E-state index >= 15 is 0 Å². The van der Waals surface area contributed by atoms with E-state index in [1.807, 2.05) is 6.07 Å². The normalized spacial score (nSPS) is 18.8. The van der Waals surface area contributed by atoms with Crippen LogP contribution < -0.4 is 19.7 Å². The van der Waals surface area contributed by atoms with E-state index in [1.54, 1.807) is 12.3 Å². The Bertz CT molecular complexity index is 1180. The Hall–Kier alpha value is -3.44. The standard InChI is InChI=1S/C23H26FN5O5/c24-15-8-14(9-18(10-15)33-13-17(31)12-30)19-2-1-6-28(19)21-5-7-29-22(27-21)20(11-25-29)34-23(32)26-16-3-4-16/h5,7-11,16-17,19,30-31H,1-4,6,12-13H2,(H,26,32)/t17?,19-/m1/s1. The zero-order chi connectivity index (χ0) is 23.7. The molecule has 3 aromatic rings. The first-order valence-corrected chi connectivity index (χ1v) is 11.3. The number of rotatable bonds is 8. The molecule has 3 N–H and O–H groups in total. The molecule has 1 unspecified atom stereocenters. The van der Waals surface area contributed by atoms with Gasteiger partial charge in [0.05, 0.1) is 18.8 Å². The van der Waals surface area contributed by atoms with Crippen molar-refractivity contribution in [2.75, 3.05) is 24.7 Å². The fraction of sp³-hybridized carbons (Fsp3) is 0.435. The maximum absolute atomic E-state index is 14.4. The minimum atomic E-state index is -1.04. The first-order valence-electron chi connectivity index (χ1n) is 11.3. The molecular formula is C23H26FN5O5. The smallest absolute Gasteiger partial charge is 0.413 e. The van der Waals surface area contributed by atoms with Gasteiger partial charge < -0.3 is 29.9 Å². The molecule has 10 nitrogen and oxygen atoms in total. The summed E-state index contributed by atoms with van der Waals surface area (Å²) in [5.41, 5.74) is 1.14. The van der Waals surface area contributed by atoms with Crippen molar-refractivity contribution in [2.45, 2.75) is 43.9 Å². The molecule has 2 fully saturated rings. The van der Waals surface area contributed by atoms with Crippen LogP contribution in [0.1, 0.15) is 37.3 Å². The van der Waals surface area contributed by atoms with Crippen molar-refractivity contribution in [3.8, 4) is 11.5 Å². The van der Waals surface area contributed by atoms with Gasteiger partial charge in [-0.25, -0.2) is 18.7 Å². The number of amides is 1. The number of hydrogen-bond donors (Lipinski definition) is 3. The van der Waals surface area contributed by atoms with Crippen molar-refractivity contribution in [1.82, 2.24) is 19.9 Å². The van der Waals surface area contributed by atoms with E-state index in [0.29, 0.717) is 11.5 Å². The summed E-state index contributed by atoms with van der Waals surface area (Å²) in [4.78, 5) is 18.8. The summed E-state index contributed by atoms with van der Waals surface area (Å²) < 4.78 is 26.8. The predicted molar refractivity (Wildman–Crippen MR) is 119 cm³/mol. The minimum absolute atomic E-state index is 0.135. The molecule has 5 rings (SSSR count). The van der Waals surface area contributed by atoms with Crippen LogP contribution in [-0.4, -0.2) is 62.8 Å². The highest BCUT2D eigenvalue weighted by Crippen LogP contribution is 2.37. The highest BCUT2D eigenvalue weighted by Gasteiger charge is 2.29. The van der Waals surface area contributed by atoms with Crippen LogP contribution in [0, 0.1) is 5.82 Å². The van der Waals surface area contributed by atoms with Crippen LogP contribution in [0.15, 0.2) is 36.7 Å². The lowest BCUT2D eigenvalue weighted by molar-refractivity contribution is 0.0535. The molecule has 34 heavy (non-hydrogen) atoms. The van der Waals surface area contributed by atoms with Gasteiger partial charge in [-0.3, -0.25) is 0 Å². The summed E-state index contributed by atoms with van der Waals surface area (Å²) in [7, 11) is 0. The number of halogens is 1. The third-order valence-electron chi connectivity index (χ3n) is 5.90. The van der Waals surface area contributed by atoms with Crippen LogP contribution in [0.3, 0.4) is 0 Å². The topological polar surface area (TPSA) is 121 Å². The van der Waals surface area contributed by atoms with Gasteiger partial charge in [-0.15, -0.1) is 0 Å². The van der Waals surface area contributed by atoms with E-state index in [9.17, 15) is 14.3 Å². The lowest BCUT2D eigenvalue weighted by atomic mass is 10.0. The molecule has 1 aliphatic carbocycles. The van der Waals surface area contributed by atoms with Crippen LogP contribution >= 0.6 is 0 Å². The monoisotopic (exact) mass is 471 g/mol. The SMILES string of the molecule is O=C(NC1CC1)Oc1cnn2ccc(N3CCC[C@@H]3c3cc(F)cc(OCC(O)CO)c3)nc12. The number of carbonyl (C=O) groups is 1. The molecule has 3 heterocycles. The van der Waals surface area contributed by atoms with Crippen molar-refractivity contribution in [2.24, 2.45) is 0 Å². The average Bonchev–Trinajstić information content (AvgIpc) is 3.34. The number of benzene rings is 1. The quantitative estimate of drug-likeness (QED) is 0.457. The molecule has 1 saturated heterocycles. The second-order valence-corrected chi connectivity index (χ2v) is 8.59. The maximum Gasteiger partial charge on any atom is 0.413 e. The number of ether oxygens (including phenoxy) is 2. The van der Waals surface area contributed by atoms with Crippen molar-refractivity contribution in [1.29, 1.82) is 0 Å². The van der Waals surface area contributed by atoms with E-state index in [1.165, 1.54) is 22.8 Å². The van der Waals surface area contributed by atoms with Gasteiger partial charge in [-0.05, 0) is 49.4 Å². The zero-order valence-electron chi connectivity index (χ0n) is 18.4. The molecule has 1 aliphatic heterocycles. The summed E-state index contributed by atoms with van der Waals surface area (Å²) in [5.74, 6) is 0.755. The molecule has 1 aromatic carbocycles. The Morgan fingerprint density at radius 1 is 1.29 bits per heavy atom. The van der Waals surface area contributed by atoms with Crippen LogP contribution in [0.25, 0.3) is 5.65 Å². The Balaban J connectivity index is 1.38. The molecule has 1 amide bonds. The summed E-state index contributed by atoms with van der Waals surface area (Å²) in [5, 5.41) is 25.5. The summed E-state index contributed by atoms with van der Waals surface area (Å²) in [6.07, 6.45) is 5.23. The molecule has 180 valence electrons. The fourth-order valence-corrected chi connectivity index (χ4v) is 4.09. The van der Waals surface area contributed by atoms with Gasteiger partial charge in [-0.1, -0.05) is 0 Å². The zero-order valence-corrected chi connectivity index (χ0v) is 18.4. The summed E-state index contributed by atoms with van der Waals surface area (Å²) >= 11 is 0. The number of nitrogens with one attached hydrogen (secondary N) is 1. The second-order valence-electron chi connectivity index (χ2n) is 8.59. The number of aliphatic hydroxyl groups is 2. The number of aliphatic hydroxyl groups excluding tert-OH is 2. The van der Waals surface area contributed by atoms with Crippen molar-refractivity contribution < 1.29 is 28.9 Å². The number of anilines is 1. The molecule has 0 spiro atoms. The molecular weight excluding hydrogens is 445 g/mol. The molecule has 2 atom stereocenters. The van der Waals surface area contributed by atoms with Crippen molar-refractivity contribution >= 4 is 17.6 Å². The van der Waals surface area contributed by atoms with Gasteiger partial charge in [0, 0.05) is 24.8 Å². The van der Waals surface area contributed by atoms with E-state index < -0.39 is 24.6 Å². The van der Waals surface area contributed by atoms with Gasteiger partial charge in [0.2, 0.25) is 5.65 Å². The third kappa shape index (κ3) is 4.90. The Kier molecular flexibility index (Phi) is 6.20. The van der Waals surface area contributed by atoms with E-state index in [2.05, 4.69) is 15.3 Å². The lowest BCUT2D eigenvalue weighted by Gasteiger charge is -2.26. The Labute approximate surface area is 194 Å². The van der Waals surface area contributed by atoms with Gasteiger partial charge in [0.15, 0.2) is 5.75 Å². The lowest BCUT2D eigenvalue weighted by Crippen LogP contribution is -2.28. The average molecular weight is 471 g/mol. The Morgan fingerprint density at radius 2 is 2.15 bits per heavy atom. The molecule has 11 heteroatoms. The highest BCUT2D eigenvalue weighted by atomic mass is 19.1. The van der Waals surface area contributed by atoms with Crippen LogP contribution in [0.5, 0.6) is 11.5 Å². The molecule has 1 saturated carbocycles. The van der Waals surface area contributed by atoms with E-state index in [0.717, 1.165) is 37.8 Å². The van der Waals surface area contributed by atoms with Gasteiger partial charge in [0.1, 0.15) is 30.1 Å². The van der Waals surface area contributed by atoms with Crippen LogP contribution in [-0.2, 0) is 0 Å². The predicted octanol–water partition coefficient (Wildman–Crippen LogP) is 2.19. The highest BCUT2D eigenvalue weighted by molar-refractivity contribution is 5.74. The number of carbonyl (C=O) groups excluding carboxylic acids is 1. The number of aromatic nitrogens is 3. The van der Waals surface area contributed by atoms with Gasteiger partial charge in [0.25, 0.3) is 0 Å². The van der Waals surface area contributed by atoms with E-state index in [-0.39, 0.29) is 30.2 Å². The molecule has 2 aliphatic rings. The summed E-state index contributed by atoms with van der Waals surface area (Å²) in [6.45, 7) is 0.149. The first kappa shape index (κ1) is 22.4. The van der Waals surface area contributed by atoms with E-state index in [4.69, 9.17) is 19.6 Å². The molecule has 2 aromatic heterocycles. The van der Waals surface area contributed by atoms with Gasteiger partial charge >= 0.3 is 6.09 Å². The number of nitrogens with zero attached hydrogens (tertiary/aromatic N) is 4. The Morgan fingerprint density at radius 3 is 2.94 bits per heavy atom. The molecule has 0 bridgehead atoms. The van der Waals surface area contributed by atoms with Crippen molar-refractivity contribution in [3.63, 3.8) is 0 Å². The third-order valence-corrected chi connectivity index (χ3v) is 5.90. The summed E-state index contributed by atoms with van der Waals surface area (Å²) in [6, 6.07) is 6.31. The minimum Gasteiger partial charge on any atom is -0.491 e. The van der Waals surface area contributed by atoms with Crippen LogP contribution in [0.4, 0.5) is 15.0 Å².